The molecule has 6 heteroatoms. The monoisotopic (exact) mass is 286 g/mol. The van der Waals surface area contributed by atoms with E-state index in [9.17, 15) is 13.0 Å². The molecule has 4 nitrogen and oxygen atoms in total. The molecule has 1 aromatic carbocycles. The predicted octanol–water partition coefficient (Wildman–Crippen LogP) is 1.47. The minimum absolute atomic E-state index is 0.297. The number of aryl methyl sites for hydroxylation is 3. The molecule has 0 aliphatic rings. The first-order valence-electron chi connectivity index (χ1n) is 5.74. The maximum absolute atomic E-state index is 10.6. The van der Waals surface area contributed by atoms with E-state index in [0.29, 0.717) is 13.0 Å². The summed E-state index contributed by atoms with van der Waals surface area (Å²) < 4.78 is 35.2. The van der Waals surface area contributed by atoms with Crippen molar-refractivity contribution in [2.45, 2.75) is 26.8 Å². The molecule has 2 aromatic rings. The van der Waals surface area contributed by atoms with Crippen molar-refractivity contribution in [1.82, 2.24) is 0 Å². The first kappa shape index (κ1) is 13.5. The van der Waals surface area contributed by atoms with Crippen molar-refractivity contribution in [3.63, 3.8) is 0 Å². The van der Waals surface area contributed by atoms with Crippen LogP contribution in [0.15, 0.2) is 18.2 Å². The van der Waals surface area contributed by atoms with Crippen LogP contribution < -0.4 is 4.57 Å². The number of fused-ring (bicyclic) bond motifs is 1. The second-order valence-corrected chi connectivity index (χ2v) is 7.29. The molecule has 0 aliphatic heterocycles. The summed E-state index contributed by atoms with van der Waals surface area (Å²) in [6.07, 6.45) is 0.367. The fraction of sp³-hybridized carbons (Fsp3) is 0.417. The van der Waals surface area contributed by atoms with Gasteiger partial charge in [0.1, 0.15) is 0 Å². The number of hydrogen-bond donors (Lipinski definition) is 0. The van der Waals surface area contributed by atoms with Gasteiger partial charge in [0.2, 0.25) is 4.70 Å². The van der Waals surface area contributed by atoms with Gasteiger partial charge in [0.05, 0.1) is 17.0 Å². The minimum atomic E-state index is -4.11. The summed E-state index contributed by atoms with van der Waals surface area (Å²) in [6, 6.07) is 6.27. The molecule has 0 saturated carbocycles. The van der Waals surface area contributed by atoms with Crippen molar-refractivity contribution in [3.05, 3.63) is 28.8 Å². The van der Waals surface area contributed by atoms with Crippen molar-refractivity contribution < 1.29 is 17.5 Å². The van der Waals surface area contributed by atoms with Crippen LogP contribution in [0.25, 0.3) is 10.2 Å². The Bertz CT molecular complexity index is 674. The summed E-state index contributed by atoms with van der Waals surface area (Å²) in [7, 11) is -4.11. The van der Waals surface area contributed by atoms with Gasteiger partial charge in [0.15, 0.2) is 6.54 Å². The van der Waals surface area contributed by atoms with Crippen LogP contribution in [-0.4, -0.2) is 18.7 Å². The number of rotatable bonds is 4. The van der Waals surface area contributed by atoms with Gasteiger partial charge in [-0.2, -0.15) is 0 Å². The summed E-state index contributed by atoms with van der Waals surface area (Å²) >= 11 is 1.16. The second kappa shape index (κ2) is 4.95. The van der Waals surface area contributed by atoms with Gasteiger partial charge in [-0.15, -0.1) is 4.57 Å². The molecule has 2 rings (SSSR count). The first-order valence-corrected chi connectivity index (χ1v) is 8.21. The van der Waals surface area contributed by atoms with E-state index < -0.39 is 10.1 Å². The summed E-state index contributed by atoms with van der Waals surface area (Å²) in [5, 5.41) is 1.18. The lowest BCUT2D eigenvalue weighted by Crippen LogP contribution is -2.35. The zero-order valence-electron chi connectivity index (χ0n) is 10.4. The molecule has 0 radical (unpaired) electrons. The highest BCUT2D eigenvalue weighted by Crippen LogP contribution is 2.21. The lowest BCUT2D eigenvalue weighted by atomic mass is 10.2. The Labute approximate surface area is 111 Å². The molecule has 1 heterocycles. The van der Waals surface area contributed by atoms with Gasteiger partial charge in [-0.3, -0.25) is 0 Å². The zero-order chi connectivity index (χ0) is 13.3. The molecule has 0 fully saturated rings. The van der Waals surface area contributed by atoms with Crippen LogP contribution in [0.4, 0.5) is 0 Å². The SMILES string of the molecule is Cc1ccc2[sH+]c(C)[n+](CCCS(=O)(=O)[O-])c2c1. The average Bonchev–Trinajstić information content (AvgIpc) is 2.54. The molecule has 0 spiro atoms. The highest BCUT2D eigenvalue weighted by atomic mass is 32.2. The van der Waals surface area contributed by atoms with Gasteiger partial charge in [-0.1, -0.05) is 6.07 Å². The van der Waals surface area contributed by atoms with Crippen molar-refractivity contribution in [1.29, 1.82) is 0 Å². The largest absolute Gasteiger partial charge is 0.748 e. The van der Waals surface area contributed by atoms with E-state index in [2.05, 4.69) is 22.8 Å². The van der Waals surface area contributed by atoms with Crippen LogP contribution in [0, 0.1) is 13.8 Å². The molecule has 0 aliphatic carbocycles. The molecule has 0 bridgehead atoms. The maximum atomic E-state index is 10.6. The highest BCUT2D eigenvalue weighted by Gasteiger charge is 2.23. The Morgan fingerprint density at radius 1 is 1.33 bits per heavy atom. The molecule has 98 valence electrons. The van der Waals surface area contributed by atoms with Gasteiger partial charge in [0.25, 0.3) is 5.52 Å². The van der Waals surface area contributed by atoms with E-state index in [0.717, 1.165) is 16.9 Å². The van der Waals surface area contributed by atoms with Crippen molar-refractivity contribution in [2.75, 3.05) is 5.75 Å². The van der Waals surface area contributed by atoms with E-state index >= 15 is 0 Å². The Kier molecular flexibility index (Phi) is 3.70. The van der Waals surface area contributed by atoms with E-state index in [-0.39, 0.29) is 5.75 Å². The third-order valence-corrected chi connectivity index (χ3v) is 4.84. The Morgan fingerprint density at radius 3 is 2.72 bits per heavy atom. The van der Waals surface area contributed by atoms with Crippen LogP contribution in [-0.2, 0) is 16.7 Å². The number of aromatic nitrogens is 1. The third kappa shape index (κ3) is 3.07. The highest BCUT2D eigenvalue weighted by molar-refractivity contribution is 7.85. The van der Waals surface area contributed by atoms with E-state index in [1.807, 2.05) is 13.8 Å². The number of thiazole rings is 1. The van der Waals surface area contributed by atoms with Crippen molar-refractivity contribution >= 4 is 31.7 Å². The normalized spacial score (nSPS) is 12.2. The predicted molar refractivity (Wildman–Crippen MR) is 72.1 cm³/mol. The minimum Gasteiger partial charge on any atom is -0.748 e. The fourth-order valence-electron chi connectivity index (χ4n) is 2.03. The van der Waals surface area contributed by atoms with Gasteiger partial charge in [-0.25, -0.2) is 8.42 Å². The summed E-state index contributed by atoms with van der Waals surface area (Å²) in [6.45, 7) is 4.64. The van der Waals surface area contributed by atoms with Crippen molar-refractivity contribution in [3.8, 4) is 0 Å². The van der Waals surface area contributed by atoms with Crippen LogP contribution in [0.2, 0.25) is 0 Å². The van der Waals surface area contributed by atoms with Gasteiger partial charge >= 0.3 is 5.01 Å². The molecule has 0 saturated heterocycles. The summed E-state index contributed by atoms with van der Waals surface area (Å²) in [5.74, 6) is -0.297. The van der Waals surface area contributed by atoms with Crippen LogP contribution in [0.1, 0.15) is 17.0 Å². The van der Waals surface area contributed by atoms with E-state index in [4.69, 9.17) is 0 Å². The molecule has 0 unspecified atom stereocenters. The zero-order valence-corrected chi connectivity index (χ0v) is 12.1. The lowest BCUT2D eigenvalue weighted by Gasteiger charge is -2.03. The summed E-state index contributed by atoms with van der Waals surface area (Å²) in [5.41, 5.74) is 2.32. The third-order valence-electron chi connectivity index (χ3n) is 2.87. The first-order chi connectivity index (χ1) is 8.37. The van der Waals surface area contributed by atoms with E-state index in [1.165, 1.54) is 15.3 Å². The van der Waals surface area contributed by atoms with Gasteiger partial charge in [0, 0.05) is 35.6 Å². The fourth-order valence-corrected chi connectivity index (χ4v) is 3.64. The molecule has 0 amide bonds. The maximum Gasteiger partial charge on any atom is 0.375 e. The second-order valence-electron chi connectivity index (χ2n) is 4.42. The number of benzene rings is 1. The van der Waals surface area contributed by atoms with Crippen LogP contribution >= 0.6 is 11.3 Å². The molecule has 1 aromatic heterocycles. The van der Waals surface area contributed by atoms with Crippen LogP contribution in [0.5, 0.6) is 0 Å². The smallest absolute Gasteiger partial charge is 0.375 e. The molecule has 18 heavy (non-hydrogen) atoms. The van der Waals surface area contributed by atoms with E-state index in [1.54, 1.807) is 0 Å². The van der Waals surface area contributed by atoms with Gasteiger partial charge in [-0.05, 0) is 12.5 Å². The molecule has 0 atom stereocenters. The van der Waals surface area contributed by atoms with Crippen molar-refractivity contribution in [2.24, 2.45) is 0 Å². The Balaban J connectivity index is 2.27. The standard InChI is InChI=1S/C12H15NO3S2/c1-9-4-5-12-11(8-9)13(10(2)17-12)6-3-7-18(14,15)16/h4-5,8H,3,6-7H2,1-2H3/p+1. The molecular formula is C12H16NO3S2+. The number of hydrogen-bond acceptors (Lipinski definition) is 3. The Hall–Kier alpha value is -0.980. The summed E-state index contributed by atoms with van der Waals surface area (Å²) in [4.78, 5) is 0. The van der Waals surface area contributed by atoms with Gasteiger partial charge < -0.3 is 4.55 Å². The van der Waals surface area contributed by atoms with Crippen LogP contribution in [0.3, 0.4) is 0 Å². The quantitative estimate of drug-likeness (QED) is 0.486. The average molecular weight is 286 g/mol. The number of nitrogens with zero attached hydrogens (tertiary/aromatic N) is 1. The lowest BCUT2D eigenvalue weighted by molar-refractivity contribution is -0.672. The molecule has 0 N–H and O–H groups in total. The molecular weight excluding hydrogens is 270 g/mol. The topological polar surface area (TPSA) is 61.1 Å². The Morgan fingerprint density at radius 2 is 2.06 bits per heavy atom.